The average Bonchev–Trinajstić information content (AvgIpc) is 3.12. The lowest BCUT2D eigenvalue weighted by atomic mass is 9.84. The molecule has 8 nitrogen and oxygen atoms in total. The fourth-order valence-electron chi connectivity index (χ4n) is 3.86. The average molecular weight is 430 g/mol. The van der Waals surface area contributed by atoms with E-state index in [1.807, 2.05) is 0 Å². The fourth-order valence-corrected chi connectivity index (χ4v) is 6.84. The normalized spacial score (nSPS) is 23.0. The smallest absolute Gasteiger partial charge is 0.275 e. The van der Waals surface area contributed by atoms with E-state index in [2.05, 4.69) is 4.72 Å². The molecule has 0 radical (unpaired) electrons. The minimum Gasteiger partial charge on any atom is -0.310 e. The molecule has 1 N–H and O–H groups in total. The molecule has 0 aliphatic carbocycles. The lowest BCUT2D eigenvalue weighted by Crippen LogP contribution is -2.49. The quantitative estimate of drug-likeness (QED) is 0.783. The van der Waals surface area contributed by atoms with Gasteiger partial charge in [0.1, 0.15) is 9.90 Å². The highest BCUT2D eigenvalue weighted by Gasteiger charge is 2.38. The highest BCUT2D eigenvalue weighted by Crippen LogP contribution is 2.36. The molecule has 4 heterocycles. The van der Waals surface area contributed by atoms with Gasteiger partial charge < -0.3 is 4.57 Å². The van der Waals surface area contributed by atoms with Crippen LogP contribution in [-0.2, 0) is 26.6 Å². The summed E-state index contributed by atoms with van der Waals surface area (Å²) in [6.07, 6.45) is 2.02. The van der Waals surface area contributed by atoms with E-state index >= 15 is 0 Å². The van der Waals surface area contributed by atoms with E-state index in [4.69, 9.17) is 0 Å². The van der Waals surface area contributed by atoms with E-state index < -0.39 is 25.6 Å². The summed E-state index contributed by atoms with van der Waals surface area (Å²) in [5.74, 6) is -0.0318. The molecule has 11 heteroatoms. The van der Waals surface area contributed by atoms with Crippen LogP contribution in [0.15, 0.2) is 38.6 Å². The maximum Gasteiger partial charge on any atom is 0.275 e. The zero-order valence-corrected chi connectivity index (χ0v) is 17.0. The van der Waals surface area contributed by atoms with E-state index in [-0.39, 0.29) is 21.7 Å². The number of pyridine rings is 1. The summed E-state index contributed by atoms with van der Waals surface area (Å²) >= 11 is 1.08. The molecule has 0 saturated carbocycles. The molecule has 27 heavy (non-hydrogen) atoms. The van der Waals surface area contributed by atoms with Gasteiger partial charge in [-0.25, -0.2) is 21.1 Å². The summed E-state index contributed by atoms with van der Waals surface area (Å²) in [5, 5.41) is 1.66. The second-order valence-electron chi connectivity index (χ2n) is 7.00. The van der Waals surface area contributed by atoms with Gasteiger partial charge in [0.2, 0.25) is 10.0 Å². The first kappa shape index (κ1) is 18.7. The molecule has 0 aromatic carbocycles. The Morgan fingerprint density at radius 2 is 1.89 bits per heavy atom. The van der Waals surface area contributed by atoms with Gasteiger partial charge in [-0.2, -0.15) is 0 Å². The number of anilines is 1. The maximum atomic E-state index is 12.9. The number of nitrogens with zero attached hydrogens (tertiary/aromatic N) is 2. The maximum absolute atomic E-state index is 12.9. The Kier molecular flexibility index (Phi) is 4.45. The number of nitrogens with one attached hydrogen (secondary N) is 1. The molecule has 1 saturated heterocycles. The largest absolute Gasteiger partial charge is 0.310 e. The Balaban J connectivity index is 1.68. The minimum absolute atomic E-state index is 0.00657. The lowest BCUT2D eigenvalue weighted by Gasteiger charge is -2.41. The second kappa shape index (κ2) is 6.43. The van der Waals surface area contributed by atoms with Gasteiger partial charge in [0.05, 0.1) is 6.26 Å². The first-order valence-electron chi connectivity index (χ1n) is 8.40. The number of thiophene rings is 1. The van der Waals surface area contributed by atoms with Crippen molar-refractivity contribution < 1.29 is 16.8 Å². The first-order chi connectivity index (χ1) is 12.6. The van der Waals surface area contributed by atoms with Crippen molar-refractivity contribution in [1.82, 2.24) is 8.87 Å². The third-order valence-corrected chi connectivity index (χ3v) is 9.04. The number of hydrogen-bond donors (Lipinski definition) is 1. The Labute approximate surface area is 161 Å². The van der Waals surface area contributed by atoms with Crippen molar-refractivity contribution in [3.63, 3.8) is 0 Å². The van der Waals surface area contributed by atoms with Crippen LogP contribution in [0.25, 0.3) is 0 Å². The van der Waals surface area contributed by atoms with Crippen LogP contribution >= 0.6 is 11.3 Å². The molecule has 0 spiro atoms. The van der Waals surface area contributed by atoms with Crippen LogP contribution in [0.1, 0.15) is 18.0 Å². The molecule has 1 fully saturated rings. The topological polar surface area (TPSA) is 106 Å². The third kappa shape index (κ3) is 3.44. The van der Waals surface area contributed by atoms with Gasteiger partial charge in [0.25, 0.3) is 15.6 Å². The second-order valence-corrected chi connectivity index (χ2v) is 11.8. The molecule has 2 bridgehead atoms. The highest BCUT2D eigenvalue weighted by atomic mass is 32.2. The van der Waals surface area contributed by atoms with E-state index in [1.165, 1.54) is 22.7 Å². The zero-order chi connectivity index (χ0) is 19.4. The third-order valence-electron chi connectivity index (χ3n) is 5.04. The molecule has 2 aromatic rings. The SMILES string of the molecule is CS(=O)(=O)N1CC2CC(C1)c1ccc(NS(=O)(=O)c3cccs3)c(=O)n1C2. The van der Waals surface area contributed by atoms with E-state index in [0.717, 1.165) is 23.5 Å². The molecule has 2 aromatic heterocycles. The van der Waals surface area contributed by atoms with Gasteiger partial charge >= 0.3 is 0 Å². The highest BCUT2D eigenvalue weighted by molar-refractivity contribution is 7.94. The zero-order valence-electron chi connectivity index (χ0n) is 14.5. The summed E-state index contributed by atoms with van der Waals surface area (Å²) in [4.78, 5) is 12.9. The Hall–Kier alpha value is -1.69. The summed E-state index contributed by atoms with van der Waals surface area (Å²) in [6, 6.07) is 6.31. The molecule has 146 valence electrons. The summed E-state index contributed by atoms with van der Waals surface area (Å²) in [7, 11) is -7.08. The van der Waals surface area contributed by atoms with Gasteiger partial charge in [0.15, 0.2) is 0 Å². The number of rotatable bonds is 4. The van der Waals surface area contributed by atoms with Gasteiger partial charge in [-0.15, -0.1) is 11.3 Å². The van der Waals surface area contributed by atoms with Crippen molar-refractivity contribution in [3.05, 3.63) is 45.7 Å². The van der Waals surface area contributed by atoms with Gasteiger partial charge in [0, 0.05) is 31.2 Å². The van der Waals surface area contributed by atoms with Gasteiger partial charge in [-0.3, -0.25) is 9.52 Å². The number of fused-ring (bicyclic) bond motifs is 4. The van der Waals surface area contributed by atoms with Gasteiger partial charge in [-0.1, -0.05) is 6.07 Å². The van der Waals surface area contributed by atoms with Crippen LogP contribution in [0.3, 0.4) is 0 Å². The van der Waals surface area contributed by atoms with Crippen LogP contribution in [0.5, 0.6) is 0 Å². The van der Waals surface area contributed by atoms with Crippen LogP contribution in [-0.4, -0.2) is 45.1 Å². The van der Waals surface area contributed by atoms with E-state index in [1.54, 1.807) is 22.1 Å². The van der Waals surface area contributed by atoms with Crippen molar-refractivity contribution >= 4 is 37.1 Å². The molecular formula is C16H19N3O5S3. The van der Waals surface area contributed by atoms with E-state index in [9.17, 15) is 21.6 Å². The van der Waals surface area contributed by atoms with Crippen molar-refractivity contribution in [2.75, 3.05) is 24.1 Å². The molecule has 2 aliphatic rings. The van der Waals surface area contributed by atoms with Crippen molar-refractivity contribution in [2.45, 2.75) is 23.1 Å². The monoisotopic (exact) mass is 429 g/mol. The predicted octanol–water partition coefficient (Wildman–Crippen LogP) is 1.09. The molecule has 2 atom stereocenters. The van der Waals surface area contributed by atoms with Crippen molar-refractivity contribution in [1.29, 1.82) is 0 Å². The molecule has 2 unspecified atom stereocenters. The molecule has 4 rings (SSSR count). The number of piperidine rings is 1. The Morgan fingerprint density at radius 3 is 2.56 bits per heavy atom. The van der Waals surface area contributed by atoms with Crippen LogP contribution < -0.4 is 10.3 Å². The van der Waals surface area contributed by atoms with Crippen LogP contribution in [0.4, 0.5) is 5.69 Å². The Morgan fingerprint density at radius 1 is 1.11 bits per heavy atom. The van der Waals surface area contributed by atoms with Gasteiger partial charge in [-0.05, 0) is 35.9 Å². The minimum atomic E-state index is -3.80. The van der Waals surface area contributed by atoms with E-state index in [0.29, 0.717) is 19.6 Å². The summed E-state index contributed by atoms with van der Waals surface area (Å²) in [5.41, 5.74) is 0.367. The predicted molar refractivity (Wildman–Crippen MR) is 103 cm³/mol. The number of aromatic nitrogens is 1. The van der Waals surface area contributed by atoms with Crippen LogP contribution in [0, 0.1) is 5.92 Å². The summed E-state index contributed by atoms with van der Waals surface area (Å²) < 4.78 is 54.2. The standard InChI is InChI=1S/C16H19N3O5S3/c1-26(21,22)18-8-11-7-12(10-18)14-5-4-13(16(20)19(14)9-11)17-27(23,24)15-3-2-6-25-15/h2-6,11-12,17H,7-10H2,1H3. The molecule has 2 aliphatic heterocycles. The van der Waals surface area contributed by atoms with Crippen LogP contribution in [0.2, 0.25) is 0 Å². The first-order valence-corrected chi connectivity index (χ1v) is 12.6. The molecular weight excluding hydrogens is 410 g/mol. The molecule has 0 amide bonds. The Bertz CT molecular complexity index is 1140. The fraction of sp³-hybridized carbons (Fsp3) is 0.438. The lowest BCUT2D eigenvalue weighted by molar-refractivity contribution is 0.187. The van der Waals surface area contributed by atoms with Crippen molar-refractivity contribution in [2.24, 2.45) is 5.92 Å². The van der Waals surface area contributed by atoms with Crippen molar-refractivity contribution in [3.8, 4) is 0 Å². The number of hydrogen-bond acceptors (Lipinski definition) is 6. The number of sulfonamides is 2. The summed E-state index contributed by atoms with van der Waals surface area (Å²) in [6.45, 7) is 1.10.